The van der Waals surface area contributed by atoms with Crippen molar-refractivity contribution in [1.29, 1.82) is 0 Å². The zero-order chi connectivity index (χ0) is 25.2. The molecule has 0 amide bonds. The molecule has 0 spiro atoms. The highest BCUT2D eigenvalue weighted by atomic mass is 35.5. The van der Waals surface area contributed by atoms with Crippen molar-refractivity contribution in [2.75, 3.05) is 20.6 Å². The normalized spacial score (nSPS) is 12.9. The van der Waals surface area contributed by atoms with E-state index < -0.39 is 0 Å². The van der Waals surface area contributed by atoms with Gasteiger partial charge in [0.25, 0.3) is 0 Å². The summed E-state index contributed by atoms with van der Waals surface area (Å²) in [6.45, 7) is 3.23. The van der Waals surface area contributed by atoms with Crippen molar-refractivity contribution in [2.24, 2.45) is 0 Å². The van der Waals surface area contributed by atoms with E-state index >= 15 is 0 Å². The number of aryl methyl sites for hydroxylation is 1. The molecule has 36 heavy (non-hydrogen) atoms. The fourth-order valence-electron chi connectivity index (χ4n) is 4.04. The first-order valence-electron chi connectivity index (χ1n) is 12.3. The van der Waals surface area contributed by atoms with Crippen LogP contribution in [-0.2, 0) is 6.42 Å². The number of benzene rings is 3. The van der Waals surface area contributed by atoms with Gasteiger partial charge in [-0.25, -0.2) is 0 Å². The Bertz CT molecular complexity index is 1150. The molecule has 2 N–H and O–H groups in total. The average molecular weight is 547 g/mol. The van der Waals surface area contributed by atoms with E-state index in [9.17, 15) is 5.11 Å². The molecule has 0 atom stereocenters. The zero-order valence-corrected chi connectivity index (χ0v) is 23.7. The first kappa shape index (κ1) is 30.1. The summed E-state index contributed by atoms with van der Waals surface area (Å²) in [4.78, 5) is 4.82. The van der Waals surface area contributed by atoms with E-state index in [1.165, 1.54) is 51.8 Å². The molecule has 0 aliphatic carbocycles. The van der Waals surface area contributed by atoms with Gasteiger partial charge < -0.3 is 15.1 Å². The van der Waals surface area contributed by atoms with E-state index in [4.69, 9.17) is 16.7 Å². The van der Waals surface area contributed by atoms with Crippen LogP contribution in [0.3, 0.4) is 0 Å². The van der Waals surface area contributed by atoms with Crippen molar-refractivity contribution in [3.05, 3.63) is 88.5 Å². The van der Waals surface area contributed by atoms with Crippen molar-refractivity contribution in [2.45, 2.75) is 55.2 Å². The molecule has 0 unspecified atom stereocenters. The third kappa shape index (κ3) is 8.77. The van der Waals surface area contributed by atoms with E-state index in [1.807, 2.05) is 17.8 Å². The van der Waals surface area contributed by atoms with Crippen LogP contribution in [-0.4, -0.2) is 35.8 Å². The Morgan fingerprint density at radius 3 is 2.36 bits per heavy atom. The monoisotopic (exact) mass is 545 g/mol. The molecule has 6 heteroatoms. The van der Waals surface area contributed by atoms with Gasteiger partial charge in [0.15, 0.2) is 0 Å². The van der Waals surface area contributed by atoms with Gasteiger partial charge in [-0.05, 0) is 86.0 Å². The molecule has 0 radical (unpaired) electrons. The molecule has 0 saturated heterocycles. The SMILES string of the molecule is CCCCCCc1ccc(O)cc1O.CN(C)CCC=C1c2ccccc2Sc2ccc(Cl)cc21.Cl. The average Bonchev–Trinajstić information content (AvgIpc) is 2.83. The van der Waals surface area contributed by atoms with E-state index in [0.717, 1.165) is 36.4 Å². The quantitative estimate of drug-likeness (QED) is 0.217. The number of nitrogens with zero attached hydrogens (tertiary/aromatic N) is 1. The number of hydrogen-bond acceptors (Lipinski definition) is 4. The Balaban J connectivity index is 0.000000268. The first-order valence-corrected chi connectivity index (χ1v) is 13.5. The molecule has 3 aromatic rings. The lowest BCUT2D eigenvalue weighted by Crippen LogP contribution is -2.12. The van der Waals surface area contributed by atoms with Crippen molar-refractivity contribution >= 4 is 41.3 Å². The van der Waals surface area contributed by atoms with Crippen LogP contribution >= 0.6 is 35.8 Å². The summed E-state index contributed by atoms with van der Waals surface area (Å²) in [5, 5.41) is 19.4. The predicted octanol–water partition coefficient (Wildman–Crippen LogP) is 8.83. The molecule has 4 rings (SSSR count). The summed E-state index contributed by atoms with van der Waals surface area (Å²) in [6, 6.07) is 19.6. The smallest absolute Gasteiger partial charge is 0.122 e. The molecular formula is C30H37Cl2NO2S. The maximum absolute atomic E-state index is 9.49. The molecule has 0 bridgehead atoms. The van der Waals surface area contributed by atoms with Gasteiger partial charge in [0, 0.05) is 27.4 Å². The fourth-order valence-corrected chi connectivity index (χ4v) is 5.29. The predicted molar refractivity (Wildman–Crippen MR) is 157 cm³/mol. The van der Waals surface area contributed by atoms with Gasteiger partial charge in [-0.1, -0.05) is 79.9 Å². The number of phenolic OH excluding ortho intramolecular Hbond substituents is 2. The number of aromatic hydroxyl groups is 2. The number of halogens is 2. The van der Waals surface area contributed by atoms with Gasteiger partial charge in [-0.15, -0.1) is 12.4 Å². The molecule has 3 nitrogen and oxygen atoms in total. The molecule has 194 valence electrons. The van der Waals surface area contributed by atoms with Gasteiger partial charge in [-0.2, -0.15) is 0 Å². The Morgan fingerprint density at radius 2 is 1.64 bits per heavy atom. The van der Waals surface area contributed by atoms with Crippen LogP contribution in [0.2, 0.25) is 5.02 Å². The molecule has 0 saturated carbocycles. The van der Waals surface area contributed by atoms with Crippen molar-refractivity contribution < 1.29 is 10.2 Å². The van der Waals surface area contributed by atoms with E-state index in [0.29, 0.717) is 0 Å². The third-order valence-electron chi connectivity index (χ3n) is 5.92. The summed E-state index contributed by atoms with van der Waals surface area (Å²) in [6.07, 6.45) is 9.05. The Morgan fingerprint density at radius 1 is 0.889 bits per heavy atom. The standard InChI is InChI=1S/C18H18ClNS.C12H18O2.ClH/c1-20(2)11-5-7-14-15-6-3-4-8-17(15)21-18-10-9-13(19)12-16(14)18;1-2-3-4-5-6-10-7-8-11(13)9-12(10)14;/h3-4,6-10,12H,5,11H2,1-2H3;7-9,13-14H,2-6H2,1H3;1H. The number of unbranched alkanes of at least 4 members (excludes halogenated alkanes) is 3. The summed E-state index contributed by atoms with van der Waals surface area (Å²) < 4.78 is 0. The second-order valence-corrected chi connectivity index (χ2v) is 10.6. The van der Waals surface area contributed by atoms with Crippen molar-refractivity contribution in [3.63, 3.8) is 0 Å². The van der Waals surface area contributed by atoms with E-state index in [-0.39, 0.29) is 23.9 Å². The van der Waals surface area contributed by atoms with Crippen LogP contribution in [0, 0.1) is 0 Å². The number of phenols is 2. The third-order valence-corrected chi connectivity index (χ3v) is 7.31. The second-order valence-electron chi connectivity index (χ2n) is 9.07. The lowest BCUT2D eigenvalue weighted by molar-refractivity contribution is 0.417. The molecule has 0 fully saturated rings. The minimum Gasteiger partial charge on any atom is -0.508 e. The van der Waals surface area contributed by atoms with Crippen molar-refractivity contribution in [3.8, 4) is 11.5 Å². The largest absolute Gasteiger partial charge is 0.508 e. The van der Waals surface area contributed by atoms with E-state index in [2.05, 4.69) is 68.4 Å². The summed E-state index contributed by atoms with van der Waals surface area (Å²) in [7, 11) is 4.21. The Labute approximate surface area is 231 Å². The zero-order valence-electron chi connectivity index (χ0n) is 21.3. The van der Waals surface area contributed by atoms with Gasteiger partial charge in [0.2, 0.25) is 0 Å². The summed E-state index contributed by atoms with van der Waals surface area (Å²) in [5.74, 6) is 0.335. The number of hydrogen-bond donors (Lipinski definition) is 2. The molecule has 1 aliphatic rings. The lowest BCUT2D eigenvalue weighted by atomic mass is 9.96. The highest BCUT2D eigenvalue weighted by Gasteiger charge is 2.20. The van der Waals surface area contributed by atoms with Gasteiger partial charge >= 0.3 is 0 Å². The maximum Gasteiger partial charge on any atom is 0.122 e. The highest BCUT2D eigenvalue weighted by molar-refractivity contribution is 7.99. The number of fused-ring (bicyclic) bond motifs is 2. The summed E-state index contributed by atoms with van der Waals surface area (Å²) >= 11 is 8.03. The maximum atomic E-state index is 9.49. The Kier molecular flexibility index (Phi) is 12.7. The topological polar surface area (TPSA) is 43.7 Å². The second kappa shape index (κ2) is 15.2. The van der Waals surface area contributed by atoms with Gasteiger partial charge in [-0.3, -0.25) is 0 Å². The van der Waals surface area contributed by atoms with Crippen LogP contribution < -0.4 is 0 Å². The van der Waals surface area contributed by atoms with Crippen LogP contribution in [0.5, 0.6) is 11.5 Å². The molecule has 0 aromatic heterocycles. The molecule has 1 aliphatic heterocycles. The fraction of sp³-hybridized carbons (Fsp3) is 0.333. The molecule has 1 heterocycles. The van der Waals surface area contributed by atoms with Crippen molar-refractivity contribution in [1.82, 2.24) is 4.90 Å². The highest BCUT2D eigenvalue weighted by Crippen LogP contribution is 2.46. The molecular weight excluding hydrogens is 509 g/mol. The minimum atomic E-state index is 0. The first-order chi connectivity index (χ1) is 16.9. The number of rotatable bonds is 8. The van der Waals surface area contributed by atoms with Gasteiger partial charge in [0.05, 0.1) is 0 Å². The van der Waals surface area contributed by atoms with Gasteiger partial charge in [0.1, 0.15) is 11.5 Å². The van der Waals surface area contributed by atoms with E-state index in [1.54, 1.807) is 12.1 Å². The van der Waals surface area contributed by atoms with Crippen LogP contribution in [0.25, 0.3) is 5.57 Å². The van der Waals surface area contributed by atoms with Crippen LogP contribution in [0.1, 0.15) is 55.7 Å². The Hall–Kier alpha value is -2.11. The minimum absolute atomic E-state index is 0. The lowest BCUT2D eigenvalue weighted by Gasteiger charge is -2.22. The molecule has 3 aromatic carbocycles. The van der Waals surface area contributed by atoms with Crippen LogP contribution in [0.4, 0.5) is 0 Å². The van der Waals surface area contributed by atoms with Crippen LogP contribution in [0.15, 0.2) is 76.5 Å². The summed E-state index contributed by atoms with van der Waals surface area (Å²) in [5.41, 5.74) is 4.81.